The Bertz CT molecular complexity index is 889. The third-order valence-corrected chi connectivity index (χ3v) is 5.43. The molecule has 3 N–H and O–H groups in total. The molecule has 1 aliphatic heterocycles. The molecular weight excluding hydrogens is 339 g/mol. The fourth-order valence-electron chi connectivity index (χ4n) is 3.11. The maximum Gasteiger partial charge on any atom is 0.492 e. The standard InChI is InChI=1S/C21H27BN2O3/c1-14(25)24-13-16(22-26-20(2,3)21(4,5)27-22)12-15-8-6-10-18-17(15)9-7-11-19(18)23/h6-12H,13,23H2,1-5H3,(H,24,25). The summed E-state index contributed by atoms with van der Waals surface area (Å²) >= 11 is 0. The van der Waals surface area contributed by atoms with Crippen molar-refractivity contribution in [2.45, 2.75) is 45.8 Å². The van der Waals surface area contributed by atoms with Crippen LogP contribution in [-0.2, 0) is 14.1 Å². The Labute approximate surface area is 161 Å². The lowest BCUT2D eigenvalue weighted by Gasteiger charge is -2.32. The average molecular weight is 366 g/mol. The van der Waals surface area contributed by atoms with Crippen molar-refractivity contribution in [1.29, 1.82) is 0 Å². The first-order chi connectivity index (χ1) is 12.6. The minimum absolute atomic E-state index is 0.0976. The zero-order valence-corrected chi connectivity index (χ0v) is 16.6. The number of nitrogens with one attached hydrogen (secondary N) is 1. The molecule has 6 heteroatoms. The number of fused-ring (bicyclic) bond motifs is 1. The number of benzene rings is 2. The van der Waals surface area contributed by atoms with E-state index in [2.05, 4.69) is 5.32 Å². The van der Waals surface area contributed by atoms with Crippen LogP contribution in [0, 0.1) is 0 Å². The first-order valence-corrected chi connectivity index (χ1v) is 9.18. The summed E-state index contributed by atoms with van der Waals surface area (Å²) in [5.41, 5.74) is 7.83. The summed E-state index contributed by atoms with van der Waals surface area (Å²) in [4.78, 5) is 11.5. The van der Waals surface area contributed by atoms with Crippen LogP contribution in [0.5, 0.6) is 0 Å². The number of carbonyl (C=O) groups excluding carboxylic acids is 1. The first kappa shape index (κ1) is 19.5. The molecule has 142 valence electrons. The van der Waals surface area contributed by atoms with E-state index in [0.29, 0.717) is 6.54 Å². The maximum absolute atomic E-state index is 11.5. The van der Waals surface area contributed by atoms with Crippen molar-refractivity contribution >= 4 is 35.6 Å². The predicted octanol–water partition coefficient (Wildman–Crippen LogP) is 3.57. The smallest absolute Gasteiger partial charge is 0.400 e. The van der Waals surface area contributed by atoms with Gasteiger partial charge in [-0.05, 0) is 50.2 Å². The van der Waals surface area contributed by atoms with Gasteiger partial charge in [0.05, 0.1) is 11.2 Å². The summed E-state index contributed by atoms with van der Waals surface area (Å²) in [5.74, 6) is -0.0976. The summed E-state index contributed by atoms with van der Waals surface area (Å²) in [7, 11) is -0.529. The highest BCUT2D eigenvalue weighted by Gasteiger charge is 2.52. The van der Waals surface area contributed by atoms with E-state index in [1.54, 1.807) is 0 Å². The summed E-state index contributed by atoms with van der Waals surface area (Å²) in [6.07, 6.45) is 2.03. The van der Waals surface area contributed by atoms with Crippen molar-refractivity contribution < 1.29 is 14.1 Å². The minimum atomic E-state index is -0.529. The number of anilines is 1. The molecule has 0 atom stereocenters. The molecule has 5 nitrogen and oxygen atoms in total. The molecule has 0 aliphatic carbocycles. The number of rotatable bonds is 4. The van der Waals surface area contributed by atoms with Crippen molar-refractivity contribution in [3.63, 3.8) is 0 Å². The van der Waals surface area contributed by atoms with Crippen LogP contribution >= 0.6 is 0 Å². The lowest BCUT2D eigenvalue weighted by Crippen LogP contribution is -2.41. The van der Waals surface area contributed by atoms with Crippen molar-refractivity contribution in [2.24, 2.45) is 0 Å². The monoisotopic (exact) mass is 366 g/mol. The van der Waals surface area contributed by atoms with E-state index < -0.39 is 18.3 Å². The van der Waals surface area contributed by atoms with Gasteiger partial charge in [-0.3, -0.25) is 4.79 Å². The molecule has 3 rings (SSSR count). The van der Waals surface area contributed by atoms with Gasteiger partial charge < -0.3 is 20.4 Å². The molecule has 0 saturated carbocycles. The topological polar surface area (TPSA) is 73.6 Å². The Morgan fingerprint density at radius 3 is 2.30 bits per heavy atom. The number of nitrogen functional groups attached to an aromatic ring is 1. The van der Waals surface area contributed by atoms with Crippen molar-refractivity contribution in [3.8, 4) is 0 Å². The molecule has 1 amide bonds. The second-order valence-corrected chi connectivity index (χ2v) is 8.01. The van der Waals surface area contributed by atoms with Gasteiger partial charge in [-0.15, -0.1) is 0 Å². The summed E-state index contributed by atoms with van der Waals surface area (Å²) < 4.78 is 12.4. The number of hydrogen-bond acceptors (Lipinski definition) is 4. The fourth-order valence-corrected chi connectivity index (χ4v) is 3.11. The van der Waals surface area contributed by atoms with Crippen molar-refractivity contribution in [2.75, 3.05) is 12.3 Å². The fraction of sp³-hybridized carbons (Fsp3) is 0.381. The summed E-state index contributed by atoms with van der Waals surface area (Å²) in [5, 5.41) is 4.91. The zero-order valence-electron chi connectivity index (χ0n) is 16.6. The molecule has 0 bridgehead atoms. The van der Waals surface area contributed by atoms with Gasteiger partial charge >= 0.3 is 7.12 Å². The Morgan fingerprint density at radius 2 is 1.67 bits per heavy atom. The van der Waals surface area contributed by atoms with Crippen LogP contribution in [0.25, 0.3) is 16.8 Å². The van der Waals surface area contributed by atoms with Crippen LogP contribution in [0.2, 0.25) is 0 Å². The van der Waals surface area contributed by atoms with E-state index in [-0.39, 0.29) is 5.91 Å². The molecule has 0 unspecified atom stereocenters. The number of nitrogens with two attached hydrogens (primary N) is 1. The molecule has 2 aromatic rings. The second kappa shape index (κ2) is 7.02. The van der Waals surface area contributed by atoms with E-state index in [4.69, 9.17) is 15.0 Å². The van der Waals surface area contributed by atoms with Gasteiger partial charge in [0, 0.05) is 24.5 Å². The molecule has 1 fully saturated rings. The minimum Gasteiger partial charge on any atom is -0.400 e. The predicted molar refractivity (Wildman–Crippen MR) is 111 cm³/mol. The highest BCUT2D eigenvalue weighted by Crippen LogP contribution is 2.39. The highest BCUT2D eigenvalue weighted by molar-refractivity contribution is 6.56. The molecule has 1 saturated heterocycles. The van der Waals surface area contributed by atoms with E-state index >= 15 is 0 Å². The average Bonchev–Trinajstić information content (AvgIpc) is 2.79. The van der Waals surface area contributed by atoms with Gasteiger partial charge in [0.25, 0.3) is 0 Å². The summed E-state index contributed by atoms with van der Waals surface area (Å²) in [6, 6.07) is 11.9. The zero-order chi connectivity index (χ0) is 19.8. The van der Waals surface area contributed by atoms with Crippen LogP contribution in [0.1, 0.15) is 40.2 Å². The SMILES string of the molecule is CC(=O)NCC(=Cc1cccc2c(N)cccc12)B1OC(C)(C)C(C)(C)O1. The van der Waals surface area contributed by atoms with Crippen molar-refractivity contribution in [3.05, 3.63) is 47.4 Å². The van der Waals surface area contributed by atoms with Crippen molar-refractivity contribution in [1.82, 2.24) is 5.32 Å². The first-order valence-electron chi connectivity index (χ1n) is 9.18. The van der Waals surface area contributed by atoms with E-state index in [1.807, 2.05) is 70.2 Å². The van der Waals surface area contributed by atoms with Gasteiger partial charge in [-0.2, -0.15) is 0 Å². The lowest BCUT2D eigenvalue weighted by molar-refractivity contribution is -0.118. The van der Waals surface area contributed by atoms with Gasteiger partial charge in [-0.1, -0.05) is 36.4 Å². The molecule has 27 heavy (non-hydrogen) atoms. The molecule has 0 aromatic heterocycles. The number of amides is 1. The Hall–Kier alpha value is -2.31. The van der Waals surface area contributed by atoms with Gasteiger partial charge in [0.15, 0.2) is 0 Å². The lowest BCUT2D eigenvalue weighted by atomic mass is 9.76. The van der Waals surface area contributed by atoms with Crippen LogP contribution in [0.15, 0.2) is 41.9 Å². The van der Waals surface area contributed by atoms with Crippen LogP contribution in [0.4, 0.5) is 5.69 Å². The third kappa shape index (κ3) is 3.87. The van der Waals surface area contributed by atoms with E-state index in [0.717, 1.165) is 27.5 Å². The van der Waals surface area contributed by atoms with Gasteiger partial charge in [-0.25, -0.2) is 0 Å². The molecule has 1 aliphatic rings. The Balaban J connectivity index is 2.04. The molecule has 1 heterocycles. The van der Waals surface area contributed by atoms with Gasteiger partial charge in [0.1, 0.15) is 0 Å². The van der Waals surface area contributed by atoms with E-state index in [9.17, 15) is 4.79 Å². The third-order valence-electron chi connectivity index (χ3n) is 5.43. The molecule has 2 aromatic carbocycles. The summed E-state index contributed by atoms with van der Waals surface area (Å²) in [6.45, 7) is 9.91. The Morgan fingerprint density at radius 1 is 1.07 bits per heavy atom. The quantitative estimate of drug-likeness (QED) is 0.641. The van der Waals surface area contributed by atoms with Crippen LogP contribution in [0.3, 0.4) is 0 Å². The highest BCUT2D eigenvalue weighted by atomic mass is 16.7. The Kier molecular flexibility index (Phi) is 5.06. The number of hydrogen-bond donors (Lipinski definition) is 2. The van der Waals surface area contributed by atoms with Gasteiger partial charge in [0.2, 0.25) is 5.91 Å². The largest absolute Gasteiger partial charge is 0.492 e. The molecule has 0 radical (unpaired) electrons. The normalized spacial score (nSPS) is 18.7. The van der Waals surface area contributed by atoms with E-state index in [1.165, 1.54) is 6.92 Å². The van der Waals surface area contributed by atoms with Crippen LogP contribution < -0.4 is 11.1 Å². The second-order valence-electron chi connectivity index (χ2n) is 8.01. The maximum atomic E-state index is 11.5. The number of carbonyl (C=O) groups is 1. The molecule has 0 spiro atoms. The van der Waals surface area contributed by atoms with Crippen LogP contribution in [-0.4, -0.2) is 30.8 Å². The molecular formula is C21H27BN2O3.